The Bertz CT molecular complexity index is 1540. The maximum atomic E-state index is 13.0. The Morgan fingerprint density at radius 3 is 1.68 bits per heavy atom. The van der Waals surface area contributed by atoms with Gasteiger partial charge in [-0.2, -0.15) is 0 Å². The largest absolute Gasteiger partial charge is 0.504 e. The zero-order chi connectivity index (χ0) is 30.7. The molecule has 1 aliphatic carbocycles. The summed E-state index contributed by atoms with van der Waals surface area (Å²) in [5.41, 5.74) is 3.09. The van der Waals surface area contributed by atoms with Crippen LogP contribution >= 0.6 is 0 Å². The molecule has 9 heteroatoms. The predicted molar refractivity (Wildman–Crippen MR) is 169 cm³/mol. The van der Waals surface area contributed by atoms with Crippen molar-refractivity contribution in [1.29, 1.82) is 0 Å². The second-order valence-corrected chi connectivity index (χ2v) is 14.8. The van der Waals surface area contributed by atoms with E-state index in [1.807, 2.05) is 24.3 Å². The minimum atomic E-state index is -3.78. The van der Waals surface area contributed by atoms with Crippen LogP contribution in [0, 0.1) is 17.8 Å². The van der Waals surface area contributed by atoms with Crippen LogP contribution in [-0.4, -0.2) is 67.1 Å². The van der Waals surface area contributed by atoms with E-state index in [-0.39, 0.29) is 21.4 Å². The molecule has 2 heterocycles. The Balaban J connectivity index is 0.925. The summed E-state index contributed by atoms with van der Waals surface area (Å²) in [7, 11) is -3.78. The van der Waals surface area contributed by atoms with Crippen LogP contribution in [0.25, 0.3) is 0 Å². The summed E-state index contributed by atoms with van der Waals surface area (Å²) >= 11 is 0. The fourth-order valence-electron chi connectivity index (χ4n) is 6.68. The van der Waals surface area contributed by atoms with E-state index in [9.17, 15) is 23.4 Å². The summed E-state index contributed by atoms with van der Waals surface area (Å²) in [5, 5.41) is 22.3. The molecule has 234 valence electrons. The Kier molecular flexibility index (Phi) is 9.26. The molecule has 2 saturated heterocycles. The third-order valence-corrected chi connectivity index (χ3v) is 11.5. The predicted octanol–water partition coefficient (Wildman–Crippen LogP) is 5.19. The van der Waals surface area contributed by atoms with Crippen LogP contribution in [0.2, 0.25) is 0 Å². The molecule has 1 saturated carbocycles. The fraction of sp³-hybridized carbons (Fsp3) is 0.457. The molecule has 3 aromatic carbocycles. The molecule has 0 spiro atoms. The molecule has 0 bridgehead atoms. The van der Waals surface area contributed by atoms with Crippen molar-refractivity contribution in [2.45, 2.75) is 61.4 Å². The molecule has 0 unspecified atom stereocenters. The highest BCUT2D eigenvalue weighted by Gasteiger charge is 2.30. The van der Waals surface area contributed by atoms with Crippen molar-refractivity contribution in [2.75, 3.05) is 32.7 Å². The topological polar surface area (TPSA) is 110 Å². The molecule has 8 nitrogen and oxygen atoms in total. The van der Waals surface area contributed by atoms with Gasteiger partial charge < -0.3 is 15.5 Å². The van der Waals surface area contributed by atoms with Gasteiger partial charge in [0, 0.05) is 31.3 Å². The van der Waals surface area contributed by atoms with E-state index in [0.717, 1.165) is 74.8 Å². The first kappa shape index (κ1) is 30.6. The molecule has 3 aliphatic rings. The number of piperidine rings is 2. The highest BCUT2D eigenvalue weighted by molar-refractivity contribution is 7.91. The van der Waals surface area contributed by atoms with Gasteiger partial charge in [-0.15, -0.1) is 0 Å². The van der Waals surface area contributed by atoms with E-state index in [4.69, 9.17) is 0 Å². The van der Waals surface area contributed by atoms with Gasteiger partial charge in [0.05, 0.1) is 9.79 Å². The van der Waals surface area contributed by atoms with Gasteiger partial charge in [0.2, 0.25) is 9.84 Å². The monoisotopic (exact) mass is 617 g/mol. The molecule has 6 rings (SSSR count). The average molecular weight is 618 g/mol. The van der Waals surface area contributed by atoms with Crippen LogP contribution in [0.15, 0.2) is 76.5 Å². The summed E-state index contributed by atoms with van der Waals surface area (Å²) in [6.45, 7) is 6.88. The van der Waals surface area contributed by atoms with E-state index in [1.165, 1.54) is 56.2 Å². The molecule has 3 fully saturated rings. The van der Waals surface area contributed by atoms with Crippen LogP contribution in [0.4, 0.5) is 0 Å². The van der Waals surface area contributed by atoms with E-state index in [2.05, 4.69) is 27.2 Å². The Morgan fingerprint density at radius 1 is 0.682 bits per heavy atom. The summed E-state index contributed by atoms with van der Waals surface area (Å²) in [5.74, 6) is 1.45. The number of phenolic OH excluding ortho intramolecular Hbond substituents is 2. The van der Waals surface area contributed by atoms with Gasteiger partial charge in [0.1, 0.15) is 0 Å². The lowest BCUT2D eigenvalue weighted by Gasteiger charge is -2.40. The van der Waals surface area contributed by atoms with E-state index in [1.54, 1.807) is 12.1 Å². The van der Waals surface area contributed by atoms with Crippen molar-refractivity contribution in [1.82, 2.24) is 15.1 Å². The van der Waals surface area contributed by atoms with Gasteiger partial charge in [-0.1, -0.05) is 24.3 Å². The lowest BCUT2D eigenvalue weighted by molar-refractivity contribution is 0.0909. The first-order valence-corrected chi connectivity index (χ1v) is 17.4. The maximum Gasteiger partial charge on any atom is 0.251 e. The molecule has 0 radical (unpaired) electrons. The smallest absolute Gasteiger partial charge is 0.251 e. The standard InChI is InChI=1S/C35H43N3O5S/c39-33-12-11-32(21-34(33)40)44(42,43)31-9-5-27(6-10-31)24-38-19-15-29(16-20-38)28-13-17-37(18-14-28)23-26-3-7-30(8-4-26)35(41)36-22-25-1-2-25/h3-12,21,25,28-29,39-40H,1-2,13-20,22-24H2,(H,36,41). The van der Waals surface area contributed by atoms with Gasteiger partial charge in [-0.3, -0.25) is 14.6 Å². The quantitative estimate of drug-likeness (QED) is 0.269. The van der Waals surface area contributed by atoms with E-state index in [0.29, 0.717) is 5.92 Å². The number of aromatic hydroxyl groups is 2. The molecule has 3 aromatic rings. The second kappa shape index (κ2) is 13.3. The SMILES string of the molecule is O=C(NCC1CC1)c1ccc(CN2CCC(C3CCN(Cc4ccc(S(=O)(=O)c5ccc(O)c(O)c5)cc4)CC3)CC2)cc1. The Morgan fingerprint density at radius 2 is 1.18 bits per heavy atom. The lowest BCUT2D eigenvalue weighted by atomic mass is 9.78. The number of hydrogen-bond donors (Lipinski definition) is 3. The Hall–Kier alpha value is -3.40. The van der Waals surface area contributed by atoms with Crippen molar-refractivity contribution < 1.29 is 23.4 Å². The van der Waals surface area contributed by atoms with Gasteiger partial charge >= 0.3 is 0 Å². The molecule has 3 N–H and O–H groups in total. The number of benzene rings is 3. The van der Waals surface area contributed by atoms with E-state index < -0.39 is 15.6 Å². The number of carbonyl (C=O) groups is 1. The summed E-state index contributed by atoms with van der Waals surface area (Å²) in [6.07, 6.45) is 7.35. The summed E-state index contributed by atoms with van der Waals surface area (Å²) in [4.78, 5) is 17.4. The van der Waals surface area contributed by atoms with Gasteiger partial charge in [-0.25, -0.2) is 8.42 Å². The Labute approximate surface area is 260 Å². The molecule has 1 amide bonds. The highest BCUT2D eigenvalue weighted by atomic mass is 32.2. The molecule has 2 aliphatic heterocycles. The van der Waals surface area contributed by atoms with Crippen LogP contribution in [0.5, 0.6) is 11.5 Å². The van der Waals surface area contributed by atoms with Crippen LogP contribution < -0.4 is 5.32 Å². The lowest BCUT2D eigenvalue weighted by Crippen LogP contribution is -2.40. The molecule has 0 atom stereocenters. The second-order valence-electron chi connectivity index (χ2n) is 12.9. The minimum Gasteiger partial charge on any atom is -0.504 e. The van der Waals surface area contributed by atoms with Gasteiger partial charge in [0.25, 0.3) is 5.91 Å². The van der Waals surface area contributed by atoms with Crippen LogP contribution in [0.1, 0.15) is 60.0 Å². The number of carbonyl (C=O) groups excluding carboxylic acids is 1. The third kappa shape index (κ3) is 7.45. The number of rotatable bonds is 10. The summed E-state index contributed by atoms with van der Waals surface area (Å²) < 4.78 is 25.9. The van der Waals surface area contributed by atoms with Gasteiger partial charge in [0.15, 0.2) is 11.5 Å². The van der Waals surface area contributed by atoms with E-state index >= 15 is 0 Å². The normalized spacial score (nSPS) is 19.2. The summed E-state index contributed by atoms with van der Waals surface area (Å²) in [6, 6.07) is 18.6. The average Bonchev–Trinajstić information content (AvgIpc) is 3.87. The molecule has 0 aromatic heterocycles. The van der Waals surface area contributed by atoms with Crippen LogP contribution in [0.3, 0.4) is 0 Å². The minimum absolute atomic E-state index is 0.0354. The first-order chi connectivity index (χ1) is 21.2. The number of nitrogens with zero attached hydrogens (tertiary/aromatic N) is 2. The fourth-order valence-corrected chi connectivity index (χ4v) is 7.96. The van der Waals surface area contributed by atoms with Crippen LogP contribution in [-0.2, 0) is 22.9 Å². The molecular formula is C35H43N3O5S. The van der Waals surface area contributed by atoms with Crippen molar-refractivity contribution in [3.63, 3.8) is 0 Å². The number of phenols is 2. The number of nitrogens with one attached hydrogen (secondary N) is 1. The van der Waals surface area contributed by atoms with Crippen molar-refractivity contribution in [3.05, 3.63) is 83.4 Å². The molecule has 44 heavy (non-hydrogen) atoms. The maximum absolute atomic E-state index is 13.0. The zero-order valence-electron chi connectivity index (χ0n) is 25.2. The van der Waals surface area contributed by atoms with Crippen molar-refractivity contribution in [3.8, 4) is 11.5 Å². The number of sulfone groups is 1. The number of likely N-dealkylation sites (tertiary alicyclic amines) is 2. The van der Waals surface area contributed by atoms with Gasteiger partial charge in [-0.05, 0) is 130 Å². The zero-order valence-corrected chi connectivity index (χ0v) is 26.0. The number of hydrogen-bond acceptors (Lipinski definition) is 7. The first-order valence-electron chi connectivity index (χ1n) is 15.9. The number of amides is 1. The highest BCUT2D eigenvalue weighted by Crippen LogP contribution is 2.34. The van der Waals surface area contributed by atoms with Crippen molar-refractivity contribution >= 4 is 15.7 Å². The third-order valence-electron chi connectivity index (χ3n) is 9.70. The van der Waals surface area contributed by atoms with Crippen molar-refractivity contribution in [2.24, 2.45) is 17.8 Å². The molecular weight excluding hydrogens is 574 g/mol.